The van der Waals surface area contributed by atoms with E-state index in [1.807, 2.05) is 0 Å². The van der Waals surface area contributed by atoms with Crippen molar-refractivity contribution < 1.29 is 32.6 Å². The third-order valence-corrected chi connectivity index (χ3v) is 10.4. The number of ether oxygens (including phenoxy) is 2. The quantitative estimate of drug-likeness (QED) is 0.165. The highest BCUT2D eigenvalue weighted by Crippen LogP contribution is 2.41. The number of rotatable bonds is 10. The van der Waals surface area contributed by atoms with Crippen LogP contribution < -0.4 is 31.2 Å². The van der Waals surface area contributed by atoms with Crippen LogP contribution in [0.2, 0.25) is 0 Å². The number of amides is 2. The normalized spacial score (nSPS) is 15.4. The summed E-state index contributed by atoms with van der Waals surface area (Å²) in [5.74, 6) is 0.384. The maximum Gasteiger partial charge on any atom is 0.409 e. The van der Waals surface area contributed by atoms with Crippen molar-refractivity contribution >= 4 is 44.0 Å². The number of hydrogen-bond acceptors (Lipinski definition) is 9. The minimum Gasteiger partial charge on any atom is -0.493 e. The summed E-state index contributed by atoms with van der Waals surface area (Å²) < 4.78 is 37.8. The van der Waals surface area contributed by atoms with E-state index in [-0.39, 0.29) is 21.4 Å². The van der Waals surface area contributed by atoms with Crippen LogP contribution in [-0.4, -0.2) is 66.6 Å². The summed E-state index contributed by atoms with van der Waals surface area (Å²) in [5, 5.41) is 18.9. The Labute approximate surface area is 269 Å². The van der Waals surface area contributed by atoms with Crippen molar-refractivity contribution in [3.05, 3.63) is 86.4 Å². The smallest absolute Gasteiger partial charge is 0.409 e. The van der Waals surface area contributed by atoms with Crippen molar-refractivity contribution in [2.45, 2.75) is 48.9 Å². The molecule has 3 aromatic carbocycles. The van der Waals surface area contributed by atoms with Crippen molar-refractivity contribution in [1.29, 1.82) is 0 Å². The minimum absolute atomic E-state index is 0.0164. The second-order valence-corrected chi connectivity index (χ2v) is 13.8. The Morgan fingerprint density at radius 2 is 1.60 bits per heavy atom. The first-order valence-electron chi connectivity index (χ1n) is 14.8. The Morgan fingerprint density at radius 1 is 0.915 bits per heavy atom. The predicted octanol–water partition coefficient (Wildman–Crippen LogP) is 4.02. The van der Waals surface area contributed by atoms with Gasteiger partial charge in [-0.25, -0.2) is 13.2 Å². The zero-order valence-corrected chi connectivity index (χ0v) is 26.9. The lowest BCUT2D eigenvalue weighted by Gasteiger charge is -2.32. The Bertz CT molecular complexity index is 2070. The molecule has 15 heteroatoms. The number of sulfone groups is 1. The number of anilines is 2. The molecule has 0 spiro atoms. The molecule has 0 aliphatic carbocycles. The van der Waals surface area contributed by atoms with Crippen LogP contribution in [0.5, 0.6) is 11.5 Å². The lowest BCUT2D eigenvalue weighted by atomic mass is 10.0. The van der Waals surface area contributed by atoms with Crippen LogP contribution in [0.15, 0.2) is 69.1 Å². The largest absolute Gasteiger partial charge is 0.493 e. The van der Waals surface area contributed by atoms with Gasteiger partial charge in [-0.15, -0.1) is 0 Å². The molecule has 2 heterocycles. The number of carbonyl (C=O) groups excluding carboxylic acids is 1. The molecule has 1 aliphatic heterocycles. The summed E-state index contributed by atoms with van der Waals surface area (Å²) >= 11 is 0. The van der Waals surface area contributed by atoms with Crippen LogP contribution in [0.1, 0.15) is 49.9 Å². The molecular formula is C32H35N5O9S. The second kappa shape index (κ2) is 13.2. The standard InChI is InChI=1S/C32H35N5O9S/c1-17(2)47(43,44)27-12-9-20(34-32(41)42)16-23(27)24-6-5-13-37(24)31(40)28(18-7-11-25(45-3)26(14-18)46-4)33-19-8-10-21-22(15-19)30(39)36-35-29(21)38/h7-12,14-17,24,28,33-34H,5-6,13H2,1-4H3,(H,35,38)(H,36,39)(H,41,42)/t24-,28-/m1/s1. The number of carboxylic acid groups (broad SMARTS) is 1. The van der Waals surface area contributed by atoms with Crippen molar-refractivity contribution in [2.75, 3.05) is 31.4 Å². The summed E-state index contributed by atoms with van der Waals surface area (Å²) in [5.41, 5.74) is 0.317. The van der Waals surface area contributed by atoms with Gasteiger partial charge in [-0.05, 0) is 86.3 Å². The van der Waals surface area contributed by atoms with Crippen molar-refractivity contribution in [1.82, 2.24) is 15.1 Å². The lowest BCUT2D eigenvalue weighted by molar-refractivity contribution is -0.133. The number of aromatic nitrogens is 2. The molecule has 2 atom stereocenters. The number of nitrogens with zero attached hydrogens (tertiary/aromatic N) is 1. The van der Waals surface area contributed by atoms with E-state index < -0.39 is 50.3 Å². The topological polar surface area (TPSA) is 200 Å². The zero-order chi connectivity index (χ0) is 34.0. The monoisotopic (exact) mass is 665 g/mol. The van der Waals surface area contributed by atoms with Gasteiger partial charge in [-0.2, -0.15) is 0 Å². The molecular weight excluding hydrogens is 630 g/mol. The van der Waals surface area contributed by atoms with Gasteiger partial charge in [-0.3, -0.25) is 29.9 Å². The lowest BCUT2D eigenvalue weighted by Crippen LogP contribution is -2.38. The number of benzene rings is 3. The van der Waals surface area contributed by atoms with Crippen LogP contribution in [0, 0.1) is 0 Å². The van der Waals surface area contributed by atoms with E-state index in [0.29, 0.717) is 47.7 Å². The Kier molecular flexibility index (Phi) is 9.28. The molecule has 1 aromatic heterocycles. The molecule has 0 bridgehead atoms. The third kappa shape index (κ3) is 6.52. The number of aromatic amines is 2. The third-order valence-electron chi connectivity index (χ3n) is 8.18. The van der Waals surface area contributed by atoms with Crippen LogP contribution in [-0.2, 0) is 14.6 Å². The summed E-state index contributed by atoms with van der Waals surface area (Å²) in [6.45, 7) is 3.40. The fourth-order valence-electron chi connectivity index (χ4n) is 5.80. The van der Waals surface area contributed by atoms with E-state index in [0.717, 1.165) is 0 Å². The summed E-state index contributed by atoms with van der Waals surface area (Å²) in [7, 11) is -0.879. The Hall–Kier alpha value is -5.31. The highest BCUT2D eigenvalue weighted by Gasteiger charge is 2.38. The Balaban J connectivity index is 1.62. The van der Waals surface area contributed by atoms with Crippen molar-refractivity contribution in [2.24, 2.45) is 0 Å². The van der Waals surface area contributed by atoms with Crippen molar-refractivity contribution in [3.63, 3.8) is 0 Å². The van der Waals surface area contributed by atoms with E-state index in [2.05, 4.69) is 20.8 Å². The molecule has 0 radical (unpaired) electrons. The van der Waals surface area contributed by atoms with Gasteiger partial charge in [0, 0.05) is 17.9 Å². The van der Waals surface area contributed by atoms with Gasteiger partial charge in [0.25, 0.3) is 11.1 Å². The van der Waals surface area contributed by atoms with E-state index >= 15 is 0 Å². The summed E-state index contributed by atoms with van der Waals surface area (Å²) in [6.07, 6.45) is -0.333. The summed E-state index contributed by atoms with van der Waals surface area (Å²) in [4.78, 5) is 52.5. The number of H-pyrrole nitrogens is 2. The first-order chi connectivity index (χ1) is 22.3. The molecule has 248 valence electrons. The predicted molar refractivity (Wildman–Crippen MR) is 175 cm³/mol. The second-order valence-electron chi connectivity index (χ2n) is 11.3. The van der Waals surface area contributed by atoms with E-state index in [9.17, 15) is 32.7 Å². The average molecular weight is 666 g/mol. The van der Waals surface area contributed by atoms with Crippen LogP contribution >= 0.6 is 0 Å². The van der Waals surface area contributed by atoms with Gasteiger partial charge >= 0.3 is 6.09 Å². The number of fused-ring (bicyclic) bond motifs is 1. The number of carbonyl (C=O) groups is 2. The number of likely N-dealkylation sites (tertiary alicyclic amines) is 1. The maximum absolute atomic E-state index is 14.6. The molecule has 4 aromatic rings. The first kappa shape index (κ1) is 33.1. The van der Waals surface area contributed by atoms with E-state index in [1.165, 1.54) is 44.6 Å². The Morgan fingerprint density at radius 3 is 2.26 bits per heavy atom. The molecule has 1 saturated heterocycles. The first-order valence-corrected chi connectivity index (χ1v) is 16.3. The average Bonchev–Trinajstić information content (AvgIpc) is 3.54. The summed E-state index contributed by atoms with van der Waals surface area (Å²) in [6, 6.07) is 11.9. The van der Waals surface area contributed by atoms with Crippen molar-refractivity contribution in [3.8, 4) is 11.5 Å². The SMILES string of the molecule is COc1ccc([C@@H](Nc2ccc3c(=O)[nH][nH]c(=O)c3c2)C(=O)N2CCC[C@@H]2c2cc(NC(=O)O)ccc2S(=O)(=O)C(C)C)cc1OC. The van der Waals surface area contributed by atoms with E-state index in [4.69, 9.17) is 9.47 Å². The molecule has 47 heavy (non-hydrogen) atoms. The van der Waals surface area contributed by atoms with E-state index in [1.54, 1.807) is 43.0 Å². The number of nitrogens with one attached hydrogen (secondary N) is 4. The van der Waals surface area contributed by atoms with Gasteiger partial charge in [0.1, 0.15) is 6.04 Å². The highest BCUT2D eigenvalue weighted by molar-refractivity contribution is 7.92. The van der Waals surface area contributed by atoms with Crippen LogP contribution in [0.3, 0.4) is 0 Å². The van der Waals surface area contributed by atoms with Gasteiger partial charge in [-0.1, -0.05) is 6.07 Å². The fourth-order valence-corrected chi connectivity index (χ4v) is 7.09. The van der Waals surface area contributed by atoms with Gasteiger partial charge in [0.05, 0.1) is 41.2 Å². The van der Waals surface area contributed by atoms with Gasteiger partial charge in [0.2, 0.25) is 5.91 Å². The molecule has 1 aliphatic rings. The maximum atomic E-state index is 14.6. The van der Waals surface area contributed by atoms with Crippen LogP contribution in [0.25, 0.3) is 10.8 Å². The molecule has 1 fully saturated rings. The van der Waals surface area contributed by atoms with Gasteiger partial charge in [0.15, 0.2) is 21.3 Å². The zero-order valence-electron chi connectivity index (χ0n) is 26.1. The molecule has 5 N–H and O–H groups in total. The molecule has 14 nitrogen and oxygen atoms in total. The molecule has 0 saturated carbocycles. The molecule has 5 rings (SSSR count). The molecule has 2 amide bonds. The number of methoxy groups -OCH3 is 2. The number of hydrogen-bond donors (Lipinski definition) is 5. The van der Waals surface area contributed by atoms with Gasteiger partial charge < -0.3 is 24.8 Å². The highest BCUT2D eigenvalue weighted by atomic mass is 32.2. The molecule has 0 unspecified atom stereocenters. The minimum atomic E-state index is -3.83. The fraction of sp³-hybridized carbons (Fsp3) is 0.312. The van der Waals surface area contributed by atoms with Crippen LogP contribution in [0.4, 0.5) is 16.2 Å².